The topological polar surface area (TPSA) is 34.1 Å². The Labute approximate surface area is 105 Å². The number of alkyl halides is 3. The van der Waals surface area contributed by atoms with Crippen LogP contribution in [-0.2, 0) is 0 Å². The summed E-state index contributed by atoms with van der Waals surface area (Å²) in [6.45, 7) is 0. The number of hydrogen-bond acceptors (Lipinski definition) is 3. The van der Waals surface area contributed by atoms with Gasteiger partial charge in [0.05, 0.1) is 5.69 Å². The Morgan fingerprint density at radius 2 is 1.74 bits per heavy atom. The molecule has 0 fully saturated rings. The van der Waals surface area contributed by atoms with Gasteiger partial charge in [0.2, 0.25) is 5.95 Å². The minimum atomic E-state index is -4.80. The van der Waals surface area contributed by atoms with Crippen LogP contribution in [0.3, 0.4) is 0 Å². The van der Waals surface area contributed by atoms with Crippen molar-refractivity contribution in [3.8, 4) is 5.75 Å². The molecule has 2 aromatic rings. The van der Waals surface area contributed by atoms with Crippen LogP contribution < -0.4 is 10.1 Å². The molecular weight excluding hydrogens is 264 g/mol. The molecule has 0 saturated heterocycles. The highest BCUT2D eigenvalue weighted by atomic mass is 19.4. The zero-order chi connectivity index (χ0) is 13.9. The van der Waals surface area contributed by atoms with Gasteiger partial charge < -0.3 is 10.1 Å². The fraction of sp³-hybridized carbons (Fsp3) is 0.0833. The molecule has 19 heavy (non-hydrogen) atoms. The first kappa shape index (κ1) is 13.1. The van der Waals surface area contributed by atoms with Crippen molar-refractivity contribution in [1.29, 1.82) is 0 Å². The number of halogens is 4. The molecular formula is C12H8F4N2O. The molecule has 1 heterocycles. The molecule has 0 atom stereocenters. The number of ether oxygens (including phenoxy) is 1. The average molecular weight is 272 g/mol. The fourth-order valence-electron chi connectivity index (χ4n) is 1.40. The second-order valence-electron chi connectivity index (χ2n) is 3.51. The number of pyridine rings is 1. The van der Waals surface area contributed by atoms with Gasteiger partial charge in [0, 0.05) is 0 Å². The number of anilines is 2. The zero-order valence-corrected chi connectivity index (χ0v) is 9.41. The Morgan fingerprint density at radius 1 is 1.00 bits per heavy atom. The van der Waals surface area contributed by atoms with Gasteiger partial charge in [-0.1, -0.05) is 18.2 Å². The molecule has 0 saturated carbocycles. The smallest absolute Gasteiger partial charge is 0.404 e. The minimum absolute atomic E-state index is 0.0397. The Balaban J connectivity index is 2.25. The monoisotopic (exact) mass is 272 g/mol. The van der Waals surface area contributed by atoms with Crippen molar-refractivity contribution >= 4 is 11.5 Å². The van der Waals surface area contributed by atoms with E-state index in [1.807, 2.05) is 0 Å². The van der Waals surface area contributed by atoms with Gasteiger partial charge in [-0.15, -0.1) is 13.2 Å². The normalized spacial score (nSPS) is 11.2. The number of para-hydroxylation sites is 2. The molecule has 1 aromatic carbocycles. The van der Waals surface area contributed by atoms with Crippen molar-refractivity contribution in [2.24, 2.45) is 0 Å². The van der Waals surface area contributed by atoms with E-state index >= 15 is 0 Å². The van der Waals surface area contributed by atoms with Crippen LogP contribution in [0.25, 0.3) is 0 Å². The summed E-state index contributed by atoms with van der Waals surface area (Å²) in [4.78, 5) is 3.49. The third kappa shape index (κ3) is 3.84. The van der Waals surface area contributed by atoms with Crippen LogP contribution in [0.4, 0.5) is 29.1 Å². The Hall–Kier alpha value is -2.31. The lowest BCUT2D eigenvalue weighted by Crippen LogP contribution is -2.17. The van der Waals surface area contributed by atoms with Crippen LogP contribution in [0.15, 0.2) is 42.5 Å². The minimum Gasteiger partial charge on any atom is -0.404 e. The largest absolute Gasteiger partial charge is 0.573 e. The lowest BCUT2D eigenvalue weighted by atomic mass is 10.3. The second-order valence-corrected chi connectivity index (χ2v) is 3.51. The van der Waals surface area contributed by atoms with Crippen molar-refractivity contribution in [2.75, 3.05) is 5.32 Å². The third-order valence-corrected chi connectivity index (χ3v) is 2.09. The van der Waals surface area contributed by atoms with Crippen molar-refractivity contribution < 1.29 is 22.3 Å². The summed E-state index contributed by atoms with van der Waals surface area (Å²) < 4.78 is 53.3. The van der Waals surface area contributed by atoms with E-state index in [-0.39, 0.29) is 11.5 Å². The van der Waals surface area contributed by atoms with Gasteiger partial charge in [-0.2, -0.15) is 4.39 Å². The first-order valence-electron chi connectivity index (χ1n) is 5.18. The molecule has 0 aliphatic rings. The van der Waals surface area contributed by atoms with E-state index in [0.717, 1.165) is 12.1 Å². The first-order chi connectivity index (χ1) is 8.94. The van der Waals surface area contributed by atoms with Gasteiger partial charge in [0.25, 0.3) is 0 Å². The molecule has 0 unspecified atom stereocenters. The van der Waals surface area contributed by atoms with Crippen LogP contribution in [0.2, 0.25) is 0 Å². The number of aromatic nitrogens is 1. The van der Waals surface area contributed by atoms with Crippen LogP contribution in [0, 0.1) is 5.95 Å². The van der Waals surface area contributed by atoms with E-state index < -0.39 is 18.1 Å². The standard InChI is InChI=1S/C12H8F4N2O/c13-10-6-3-7-11(18-10)17-8-4-1-2-5-9(8)19-12(14,15)16/h1-7H,(H,17,18). The average Bonchev–Trinajstić information content (AvgIpc) is 2.30. The highest BCUT2D eigenvalue weighted by Crippen LogP contribution is 2.31. The maximum atomic E-state index is 12.9. The van der Waals surface area contributed by atoms with Crippen LogP contribution in [-0.4, -0.2) is 11.3 Å². The van der Waals surface area contributed by atoms with Gasteiger partial charge >= 0.3 is 6.36 Å². The molecule has 0 aliphatic carbocycles. The Kier molecular flexibility index (Phi) is 3.55. The van der Waals surface area contributed by atoms with E-state index in [4.69, 9.17) is 0 Å². The summed E-state index contributed by atoms with van der Waals surface area (Å²) in [5.41, 5.74) is 0.0397. The molecule has 2 rings (SSSR count). The summed E-state index contributed by atoms with van der Waals surface area (Å²) in [5.74, 6) is -1.07. The van der Waals surface area contributed by atoms with E-state index in [0.29, 0.717) is 0 Å². The first-order valence-corrected chi connectivity index (χ1v) is 5.18. The number of nitrogens with zero attached hydrogens (tertiary/aromatic N) is 1. The summed E-state index contributed by atoms with van der Waals surface area (Å²) in [6.07, 6.45) is -4.80. The molecule has 3 nitrogen and oxygen atoms in total. The Bertz CT molecular complexity index is 572. The maximum Gasteiger partial charge on any atom is 0.573 e. The second kappa shape index (κ2) is 5.13. The van der Waals surface area contributed by atoms with Gasteiger partial charge in [-0.3, -0.25) is 0 Å². The van der Waals surface area contributed by atoms with Crippen LogP contribution in [0.1, 0.15) is 0 Å². The maximum absolute atomic E-state index is 12.9. The molecule has 0 aliphatic heterocycles. The molecule has 7 heteroatoms. The van der Waals surface area contributed by atoms with Gasteiger partial charge in [-0.05, 0) is 24.3 Å². The predicted molar refractivity (Wildman–Crippen MR) is 60.6 cm³/mol. The van der Waals surface area contributed by atoms with Gasteiger partial charge in [-0.25, -0.2) is 4.98 Å². The van der Waals surface area contributed by atoms with Crippen LogP contribution in [0.5, 0.6) is 5.75 Å². The summed E-state index contributed by atoms with van der Waals surface area (Å²) >= 11 is 0. The van der Waals surface area contributed by atoms with E-state index in [9.17, 15) is 17.6 Å². The predicted octanol–water partition coefficient (Wildman–Crippen LogP) is 3.86. The molecule has 100 valence electrons. The molecule has 0 amide bonds. The van der Waals surface area contributed by atoms with Crippen LogP contribution >= 0.6 is 0 Å². The SMILES string of the molecule is Fc1cccc(Nc2ccccc2OC(F)(F)F)n1. The quantitative estimate of drug-likeness (QED) is 0.680. The van der Waals surface area contributed by atoms with Crippen molar-refractivity contribution in [3.05, 3.63) is 48.4 Å². The number of benzene rings is 1. The zero-order valence-electron chi connectivity index (χ0n) is 9.41. The molecule has 1 aromatic heterocycles. The highest BCUT2D eigenvalue weighted by Gasteiger charge is 2.32. The molecule has 0 spiro atoms. The summed E-state index contributed by atoms with van der Waals surface area (Å²) in [7, 11) is 0. The van der Waals surface area contributed by atoms with E-state index in [1.54, 1.807) is 0 Å². The van der Waals surface area contributed by atoms with E-state index in [1.165, 1.54) is 30.3 Å². The Morgan fingerprint density at radius 3 is 2.42 bits per heavy atom. The van der Waals surface area contributed by atoms with Gasteiger partial charge in [0.1, 0.15) is 5.82 Å². The van der Waals surface area contributed by atoms with Crippen molar-refractivity contribution in [1.82, 2.24) is 4.98 Å². The molecule has 1 N–H and O–H groups in total. The lowest BCUT2D eigenvalue weighted by Gasteiger charge is -2.13. The highest BCUT2D eigenvalue weighted by molar-refractivity contribution is 5.63. The number of hydrogen-bond donors (Lipinski definition) is 1. The number of rotatable bonds is 3. The number of nitrogens with one attached hydrogen (secondary N) is 1. The molecule has 0 bridgehead atoms. The van der Waals surface area contributed by atoms with Crippen molar-refractivity contribution in [3.63, 3.8) is 0 Å². The van der Waals surface area contributed by atoms with E-state index in [2.05, 4.69) is 15.0 Å². The summed E-state index contributed by atoms with van der Waals surface area (Å²) in [5, 5.41) is 2.56. The summed E-state index contributed by atoms with van der Waals surface area (Å²) in [6, 6.07) is 9.37. The fourth-order valence-corrected chi connectivity index (χ4v) is 1.40. The third-order valence-electron chi connectivity index (χ3n) is 2.09. The van der Waals surface area contributed by atoms with Crippen molar-refractivity contribution in [2.45, 2.75) is 6.36 Å². The lowest BCUT2D eigenvalue weighted by molar-refractivity contribution is -0.274. The molecule has 0 radical (unpaired) electrons. The van der Waals surface area contributed by atoms with Gasteiger partial charge in [0.15, 0.2) is 5.75 Å².